The molecular formula is C24H28N4O3S. The van der Waals surface area contributed by atoms with Crippen molar-refractivity contribution in [3.63, 3.8) is 0 Å². The van der Waals surface area contributed by atoms with Crippen LogP contribution in [0.4, 0.5) is 5.69 Å². The quantitative estimate of drug-likeness (QED) is 0.613. The standard InChI is InChI=1S/C24H28N4O3S/c1-18-23(32(30,31)27-15-7-4-8-16-27)19(2)28(26-18)17-20-11-13-21(14-12-20)24(29)25-22-9-5-3-6-10-22/h3,5-6,9-14H,4,7-8,15-17H2,1-2H3,(H,25,29). The maximum atomic E-state index is 13.2. The maximum Gasteiger partial charge on any atom is 0.255 e. The lowest BCUT2D eigenvalue weighted by molar-refractivity contribution is 0.102. The maximum absolute atomic E-state index is 13.2. The van der Waals surface area contributed by atoms with E-state index in [-0.39, 0.29) is 5.91 Å². The normalized spacial score (nSPS) is 14.9. The fourth-order valence-corrected chi connectivity index (χ4v) is 5.99. The Labute approximate surface area is 189 Å². The van der Waals surface area contributed by atoms with Gasteiger partial charge in [0.15, 0.2) is 0 Å². The Hall–Kier alpha value is -2.97. The molecule has 1 amide bonds. The summed E-state index contributed by atoms with van der Waals surface area (Å²) in [4.78, 5) is 12.8. The number of nitrogens with zero attached hydrogens (tertiary/aromatic N) is 3. The van der Waals surface area contributed by atoms with Gasteiger partial charge in [0.2, 0.25) is 10.0 Å². The highest BCUT2D eigenvalue weighted by atomic mass is 32.2. The molecule has 3 aromatic rings. The van der Waals surface area contributed by atoms with Crippen LogP contribution in [0.25, 0.3) is 0 Å². The predicted molar refractivity (Wildman–Crippen MR) is 124 cm³/mol. The summed E-state index contributed by atoms with van der Waals surface area (Å²) in [5.41, 5.74) is 3.39. The van der Waals surface area contributed by atoms with Crippen molar-refractivity contribution in [2.75, 3.05) is 18.4 Å². The van der Waals surface area contributed by atoms with E-state index in [4.69, 9.17) is 0 Å². The number of benzene rings is 2. The van der Waals surface area contributed by atoms with Crippen LogP contribution < -0.4 is 5.32 Å². The minimum absolute atomic E-state index is 0.177. The van der Waals surface area contributed by atoms with Gasteiger partial charge in [0.05, 0.1) is 17.9 Å². The van der Waals surface area contributed by atoms with Crippen LogP contribution in [0.3, 0.4) is 0 Å². The number of carbonyl (C=O) groups excluding carboxylic acids is 1. The molecular weight excluding hydrogens is 424 g/mol. The Morgan fingerprint density at radius 3 is 2.28 bits per heavy atom. The van der Waals surface area contributed by atoms with Crippen molar-refractivity contribution in [1.82, 2.24) is 14.1 Å². The molecule has 168 valence electrons. The summed E-state index contributed by atoms with van der Waals surface area (Å²) in [6.07, 6.45) is 2.87. The van der Waals surface area contributed by atoms with Crippen LogP contribution in [0.2, 0.25) is 0 Å². The van der Waals surface area contributed by atoms with Crippen LogP contribution >= 0.6 is 0 Å². The Morgan fingerprint density at radius 1 is 0.969 bits per heavy atom. The average Bonchev–Trinajstić information content (AvgIpc) is 3.08. The minimum Gasteiger partial charge on any atom is -0.322 e. The molecule has 0 saturated carbocycles. The molecule has 1 saturated heterocycles. The van der Waals surface area contributed by atoms with Gasteiger partial charge in [0.25, 0.3) is 5.91 Å². The van der Waals surface area contributed by atoms with E-state index in [1.54, 1.807) is 35.0 Å². The zero-order valence-electron chi connectivity index (χ0n) is 18.4. The number of para-hydroxylation sites is 1. The fraction of sp³-hybridized carbons (Fsp3) is 0.333. The molecule has 0 aliphatic carbocycles. The topological polar surface area (TPSA) is 84.3 Å². The number of hydrogen-bond acceptors (Lipinski definition) is 4. The number of aryl methyl sites for hydroxylation is 1. The van der Waals surface area contributed by atoms with Gasteiger partial charge < -0.3 is 5.32 Å². The number of rotatable bonds is 6. The number of nitrogens with one attached hydrogen (secondary N) is 1. The Bertz CT molecular complexity index is 1200. The molecule has 1 aliphatic heterocycles. The van der Waals surface area contributed by atoms with Crippen LogP contribution in [-0.2, 0) is 16.6 Å². The van der Waals surface area contributed by atoms with Crippen LogP contribution in [-0.4, -0.2) is 41.5 Å². The number of sulfonamides is 1. The van der Waals surface area contributed by atoms with E-state index in [0.717, 1.165) is 30.5 Å². The third kappa shape index (κ3) is 4.61. The lowest BCUT2D eigenvalue weighted by atomic mass is 10.1. The molecule has 8 heteroatoms. The molecule has 2 heterocycles. The van der Waals surface area contributed by atoms with Gasteiger partial charge in [-0.2, -0.15) is 9.40 Å². The zero-order valence-corrected chi connectivity index (χ0v) is 19.2. The second-order valence-corrected chi connectivity index (χ2v) is 10.0. The summed E-state index contributed by atoms with van der Waals surface area (Å²) in [5.74, 6) is -0.177. The van der Waals surface area contributed by atoms with Crippen LogP contribution in [0.5, 0.6) is 0 Å². The monoisotopic (exact) mass is 452 g/mol. The lowest BCUT2D eigenvalue weighted by Gasteiger charge is -2.26. The second-order valence-electron chi connectivity index (χ2n) is 8.14. The molecule has 0 spiro atoms. The predicted octanol–water partition coefficient (Wildman–Crippen LogP) is 3.98. The van der Waals surface area contributed by atoms with Crippen molar-refractivity contribution in [2.24, 2.45) is 0 Å². The highest BCUT2D eigenvalue weighted by molar-refractivity contribution is 7.89. The number of anilines is 1. The highest BCUT2D eigenvalue weighted by Gasteiger charge is 2.31. The van der Waals surface area contributed by atoms with Gasteiger partial charge in [-0.15, -0.1) is 0 Å². The first kappa shape index (κ1) is 22.2. The first-order valence-electron chi connectivity index (χ1n) is 10.9. The number of hydrogen-bond donors (Lipinski definition) is 1. The van der Waals surface area contributed by atoms with Gasteiger partial charge in [-0.25, -0.2) is 8.42 Å². The van der Waals surface area contributed by atoms with E-state index >= 15 is 0 Å². The first-order valence-corrected chi connectivity index (χ1v) is 12.3. The summed E-state index contributed by atoms with van der Waals surface area (Å²) in [5, 5.41) is 7.38. The number of carbonyl (C=O) groups is 1. The molecule has 0 radical (unpaired) electrons. The second kappa shape index (κ2) is 9.26. The molecule has 1 aromatic heterocycles. The smallest absolute Gasteiger partial charge is 0.255 e. The van der Waals surface area contributed by atoms with Gasteiger partial charge in [-0.3, -0.25) is 9.48 Å². The molecule has 0 bridgehead atoms. The van der Waals surface area contributed by atoms with Crippen molar-refractivity contribution in [3.8, 4) is 0 Å². The van der Waals surface area contributed by atoms with Crippen molar-refractivity contribution >= 4 is 21.6 Å². The Balaban J connectivity index is 1.50. The largest absolute Gasteiger partial charge is 0.322 e. The molecule has 1 aliphatic rings. The highest BCUT2D eigenvalue weighted by Crippen LogP contribution is 2.26. The van der Waals surface area contributed by atoms with Gasteiger partial charge in [0, 0.05) is 24.3 Å². The summed E-state index contributed by atoms with van der Waals surface area (Å²) in [6, 6.07) is 16.6. The number of aromatic nitrogens is 2. The lowest BCUT2D eigenvalue weighted by Crippen LogP contribution is -2.36. The van der Waals surface area contributed by atoms with Crippen molar-refractivity contribution < 1.29 is 13.2 Å². The fourth-order valence-electron chi connectivity index (χ4n) is 4.10. The van der Waals surface area contributed by atoms with Crippen molar-refractivity contribution in [3.05, 3.63) is 77.1 Å². The first-order chi connectivity index (χ1) is 15.4. The molecule has 32 heavy (non-hydrogen) atoms. The molecule has 7 nitrogen and oxygen atoms in total. The van der Waals surface area contributed by atoms with E-state index in [2.05, 4.69) is 10.4 Å². The summed E-state index contributed by atoms with van der Waals surface area (Å²) in [7, 11) is -3.55. The summed E-state index contributed by atoms with van der Waals surface area (Å²) < 4.78 is 29.7. The average molecular weight is 453 g/mol. The number of amides is 1. The molecule has 0 atom stereocenters. The van der Waals surface area contributed by atoms with Gasteiger partial charge in [-0.1, -0.05) is 36.8 Å². The molecule has 1 fully saturated rings. The molecule has 4 rings (SSSR count). The SMILES string of the molecule is Cc1nn(Cc2ccc(C(=O)Nc3ccccc3)cc2)c(C)c1S(=O)(=O)N1CCCCC1. The van der Waals surface area contributed by atoms with E-state index < -0.39 is 10.0 Å². The van der Waals surface area contributed by atoms with E-state index in [1.165, 1.54) is 0 Å². The molecule has 1 N–H and O–H groups in total. The summed E-state index contributed by atoms with van der Waals surface area (Å²) >= 11 is 0. The van der Waals surface area contributed by atoms with E-state index in [1.807, 2.05) is 42.5 Å². The summed E-state index contributed by atoms with van der Waals surface area (Å²) in [6.45, 7) is 5.12. The van der Waals surface area contributed by atoms with Gasteiger partial charge >= 0.3 is 0 Å². The van der Waals surface area contributed by atoms with Crippen LogP contribution in [0, 0.1) is 13.8 Å². The van der Waals surface area contributed by atoms with Crippen molar-refractivity contribution in [2.45, 2.75) is 44.6 Å². The van der Waals surface area contributed by atoms with Crippen LogP contribution in [0.15, 0.2) is 59.5 Å². The Kier molecular flexibility index (Phi) is 6.43. The van der Waals surface area contributed by atoms with Crippen molar-refractivity contribution in [1.29, 1.82) is 0 Å². The van der Waals surface area contributed by atoms with Gasteiger partial charge in [0.1, 0.15) is 4.90 Å². The Morgan fingerprint density at radius 2 is 1.62 bits per heavy atom. The number of piperidine rings is 1. The van der Waals surface area contributed by atoms with Gasteiger partial charge in [-0.05, 0) is 56.5 Å². The third-order valence-electron chi connectivity index (χ3n) is 5.81. The van der Waals surface area contributed by atoms with E-state index in [9.17, 15) is 13.2 Å². The zero-order chi connectivity index (χ0) is 22.7. The minimum atomic E-state index is -3.55. The third-order valence-corrected chi connectivity index (χ3v) is 7.96. The van der Waals surface area contributed by atoms with Crippen LogP contribution in [0.1, 0.15) is 46.6 Å². The van der Waals surface area contributed by atoms with E-state index in [0.29, 0.717) is 41.5 Å². The molecule has 0 unspecified atom stereocenters. The molecule has 2 aromatic carbocycles.